The first-order valence-electron chi connectivity index (χ1n) is 5.54. The van der Waals surface area contributed by atoms with Crippen LogP contribution in [-0.2, 0) is 0 Å². The van der Waals surface area contributed by atoms with Crippen molar-refractivity contribution in [3.05, 3.63) is 57.7 Å². The first-order valence-corrected chi connectivity index (χ1v) is 6.61. The van der Waals surface area contributed by atoms with Crippen LogP contribution in [0, 0.1) is 10.5 Å². The predicted octanol–water partition coefficient (Wildman–Crippen LogP) is 4.24. The first-order chi connectivity index (χ1) is 8.63. The summed E-state index contributed by atoms with van der Waals surface area (Å²) >= 11 is 2.22. The van der Waals surface area contributed by atoms with Crippen LogP contribution in [0.25, 0.3) is 0 Å². The standard InChI is InChI=1S/C14H13IN2O/c1-10-3-2-4-13(9-10)17-14(18)16-12-7-5-11(15)6-8-12/h2-9H,1H3,(H2,16,17,18). The Kier molecular flexibility index (Phi) is 4.19. The minimum absolute atomic E-state index is 0.234. The predicted molar refractivity (Wildman–Crippen MR) is 83.0 cm³/mol. The van der Waals surface area contributed by atoms with E-state index in [4.69, 9.17) is 0 Å². The van der Waals surface area contributed by atoms with Gasteiger partial charge in [-0.15, -0.1) is 0 Å². The van der Waals surface area contributed by atoms with Crippen LogP contribution >= 0.6 is 22.6 Å². The maximum Gasteiger partial charge on any atom is 0.323 e. The largest absolute Gasteiger partial charge is 0.323 e. The molecule has 0 aromatic heterocycles. The van der Waals surface area contributed by atoms with E-state index in [1.165, 1.54) is 0 Å². The number of amides is 2. The molecule has 0 bridgehead atoms. The molecular formula is C14H13IN2O. The van der Waals surface area contributed by atoms with E-state index >= 15 is 0 Å². The van der Waals surface area contributed by atoms with Gasteiger partial charge in [0.05, 0.1) is 0 Å². The number of anilines is 2. The third kappa shape index (κ3) is 3.73. The van der Waals surface area contributed by atoms with E-state index in [0.29, 0.717) is 0 Å². The topological polar surface area (TPSA) is 41.1 Å². The lowest BCUT2D eigenvalue weighted by molar-refractivity contribution is 0.262. The lowest BCUT2D eigenvalue weighted by Gasteiger charge is -2.08. The number of benzene rings is 2. The van der Waals surface area contributed by atoms with E-state index in [-0.39, 0.29) is 6.03 Å². The highest BCUT2D eigenvalue weighted by Crippen LogP contribution is 2.13. The van der Waals surface area contributed by atoms with Crippen molar-refractivity contribution in [2.75, 3.05) is 10.6 Å². The number of carbonyl (C=O) groups excluding carboxylic acids is 1. The van der Waals surface area contributed by atoms with Gasteiger partial charge in [0.25, 0.3) is 0 Å². The number of urea groups is 1. The summed E-state index contributed by atoms with van der Waals surface area (Å²) in [5, 5.41) is 5.58. The molecular weight excluding hydrogens is 339 g/mol. The molecule has 92 valence electrons. The smallest absolute Gasteiger partial charge is 0.308 e. The molecule has 0 aliphatic heterocycles. The average Bonchev–Trinajstić information content (AvgIpc) is 2.32. The maximum absolute atomic E-state index is 11.8. The van der Waals surface area contributed by atoms with E-state index in [0.717, 1.165) is 20.5 Å². The van der Waals surface area contributed by atoms with E-state index in [1.807, 2.05) is 55.5 Å². The van der Waals surface area contributed by atoms with Gasteiger partial charge in [0.15, 0.2) is 0 Å². The molecule has 2 rings (SSSR count). The van der Waals surface area contributed by atoms with Crippen molar-refractivity contribution < 1.29 is 4.79 Å². The Morgan fingerprint density at radius 1 is 1.00 bits per heavy atom. The molecule has 0 saturated heterocycles. The van der Waals surface area contributed by atoms with Gasteiger partial charge in [-0.25, -0.2) is 4.79 Å². The number of nitrogens with one attached hydrogen (secondary N) is 2. The summed E-state index contributed by atoms with van der Waals surface area (Å²) in [5.41, 5.74) is 2.68. The van der Waals surface area contributed by atoms with E-state index < -0.39 is 0 Å². The number of hydrogen-bond acceptors (Lipinski definition) is 1. The van der Waals surface area contributed by atoms with Crippen molar-refractivity contribution in [3.63, 3.8) is 0 Å². The minimum Gasteiger partial charge on any atom is -0.308 e. The Morgan fingerprint density at radius 3 is 2.33 bits per heavy atom. The third-order valence-corrected chi connectivity index (χ3v) is 3.10. The Hall–Kier alpha value is -1.56. The Balaban J connectivity index is 1.98. The summed E-state index contributed by atoms with van der Waals surface area (Å²) in [7, 11) is 0. The van der Waals surface area contributed by atoms with Gasteiger partial charge in [0.2, 0.25) is 0 Å². The number of carbonyl (C=O) groups is 1. The number of hydrogen-bond donors (Lipinski definition) is 2. The summed E-state index contributed by atoms with van der Waals surface area (Å²) in [6, 6.07) is 15.1. The summed E-state index contributed by atoms with van der Waals surface area (Å²) < 4.78 is 1.14. The van der Waals surface area contributed by atoms with Crippen molar-refractivity contribution in [1.29, 1.82) is 0 Å². The highest BCUT2D eigenvalue weighted by molar-refractivity contribution is 14.1. The summed E-state index contributed by atoms with van der Waals surface area (Å²) in [6.07, 6.45) is 0. The number of aryl methyl sites for hydroxylation is 1. The quantitative estimate of drug-likeness (QED) is 0.780. The van der Waals surface area contributed by atoms with Crippen LogP contribution in [0.15, 0.2) is 48.5 Å². The number of rotatable bonds is 2. The molecule has 0 aliphatic rings. The second-order valence-electron chi connectivity index (χ2n) is 3.96. The van der Waals surface area contributed by atoms with Crippen LogP contribution < -0.4 is 10.6 Å². The highest BCUT2D eigenvalue weighted by atomic mass is 127. The van der Waals surface area contributed by atoms with Crippen LogP contribution in [0.3, 0.4) is 0 Å². The van der Waals surface area contributed by atoms with Crippen LogP contribution in [0.1, 0.15) is 5.56 Å². The van der Waals surface area contributed by atoms with E-state index in [2.05, 4.69) is 33.2 Å². The van der Waals surface area contributed by atoms with Gasteiger partial charge in [0.1, 0.15) is 0 Å². The second kappa shape index (κ2) is 5.86. The van der Waals surface area contributed by atoms with Crippen molar-refractivity contribution >= 4 is 40.0 Å². The lowest BCUT2D eigenvalue weighted by atomic mass is 10.2. The zero-order chi connectivity index (χ0) is 13.0. The maximum atomic E-state index is 11.8. The normalized spacial score (nSPS) is 9.89. The summed E-state index contributed by atoms with van der Waals surface area (Å²) in [4.78, 5) is 11.8. The molecule has 0 fully saturated rings. The molecule has 0 aliphatic carbocycles. The Morgan fingerprint density at radius 2 is 1.67 bits per heavy atom. The van der Waals surface area contributed by atoms with Gasteiger partial charge in [-0.1, -0.05) is 12.1 Å². The summed E-state index contributed by atoms with van der Waals surface area (Å²) in [5.74, 6) is 0. The Bertz CT molecular complexity index is 552. The molecule has 3 nitrogen and oxygen atoms in total. The van der Waals surface area contributed by atoms with E-state index in [1.54, 1.807) is 0 Å². The molecule has 2 aromatic carbocycles. The van der Waals surface area contributed by atoms with Crippen LogP contribution in [-0.4, -0.2) is 6.03 Å². The van der Waals surface area contributed by atoms with E-state index in [9.17, 15) is 4.79 Å². The molecule has 2 N–H and O–H groups in total. The van der Waals surface area contributed by atoms with Crippen molar-refractivity contribution in [2.24, 2.45) is 0 Å². The van der Waals surface area contributed by atoms with Crippen LogP contribution in [0.5, 0.6) is 0 Å². The van der Waals surface area contributed by atoms with Gasteiger partial charge < -0.3 is 10.6 Å². The molecule has 0 atom stereocenters. The van der Waals surface area contributed by atoms with Gasteiger partial charge in [-0.3, -0.25) is 0 Å². The molecule has 2 amide bonds. The average molecular weight is 352 g/mol. The van der Waals surface area contributed by atoms with Gasteiger partial charge in [-0.2, -0.15) is 0 Å². The molecule has 0 radical (unpaired) electrons. The molecule has 2 aromatic rings. The molecule has 0 unspecified atom stereocenters. The van der Waals surface area contributed by atoms with Crippen molar-refractivity contribution in [2.45, 2.75) is 6.92 Å². The minimum atomic E-state index is -0.234. The fraction of sp³-hybridized carbons (Fsp3) is 0.0714. The zero-order valence-corrected chi connectivity index (χ0v) is 12.1. The molecule has 0 saturated carbocycles. The van der Waals surface area contributed by atoms with Gasteiger partial charge in [0, 0.05) is 14.9 Å². The molecule has 18 heavy (non-hydrogen) atoms. The molecule has 0 heterocycles. The molecule has 0 spiro atoms. The highest BCUT2D eigenvalue weighted by Gasteiger charge is 2.02. The zero-order valence-electron chi connectivity index (χ0n) is 9.91. The van der Waals surface area contributed by atoms with Crippen molar-refractivity contribution in [1.82, 2.24) is 0 Å². The van der Waals surface area contributed by atoms with Crippen LogP contribution in [0.2, 0.25) is 0 Å². The van der Waals surface area contributed by atoms with Gasteiger partial charge in [-0.05, 0) is 71.5 Å². The summed E-state index contributed by atoms with van der Waals surface area (Å²) in [6.45, 7) is 1.99. The molecule has 4 heteroatoms. The lowest BCUT2D eigenvalue weighted by Crippen LogP contribution is -2.19. The fourth-order valence-electron chi connectivity index (χ4n) is 1.55. The SMILES string of the molecule is Cc1cccc(NC(=O)Nc2ccc(I)cc2)c1. The van der Waals surface area contributed by atoms with Crippen LogP contribution in [0.4, 0.5) is 16.2 Å². The second-order valence-corrected chi connectivity index (χ2v) is 5.20. The fourth-order valence-corrected chi connectivity index (χ4v) is 1.91. The number of halogens is 1. The van der Waals surface area contributed by atoms with Crippen molar-refractivity contribution in [3.8, 4) is 0 Å². The monoisotopic (exact) mass is 352 g/mol. The third-order valence-electron chi connectivity index (χ3n) is 2.38. The first kappa shape index (κ1) is 12.9. The Labute approximate surface area is 120 Å². The van der Waals surface area contributed by atoms with Gasteiger partial charge >= 0.3 is 6.03 Å².